The lowest BCUT2D eigenvalue weighted by molar-refractivity contribution is -0.137. The summed E-state index contributed by atoms with van der Waals surface area (Å²) in [5, 5.41) is 14.2. The summed E-state index contributed by atoms with van der Waals surface area (Å²) in [5.74, 6) is -1.52. The molecule has 174 valence electrons. The van der Waals surface area contributed by atoms with E-state index in [0.29, 0.717) is 5.69 Å². The van der Waals surface area contributed by atoms with Gasteiger partial charge in [-0.15, -0.1) is 0 Å². The van der Waals surface area contributed by atoms with Gasteiger partial charge in [0.15, 0.2) is 0 Å². The fraction of sp³-hybridized carbons (Fsp3) is 0.192. The first-order valence-electron chi connectivity index (χ1n) is 10.8. The van der Waals surface area contributed by atoms with Crippen molar-refractivity contribution in [3.05, 3.63) is 88.4 Å². The fourth-order valence-electron chi connectivity index (χ4n) is 4.12. The number of halogens is 1. The number of carboxylic acids is 1. The van der Waals surface area contributed by atoms with Gasteiger partial charge in [-0.05, 0) is 47.4 Å². The normalized spacial score (nSPS) is 12.9. The van der Waals surface area contributed by atoms with Gasteiger partial charge in [0.05, 0.1) is 17.1 Å². The predicted octanol–water partition coefficient (Wildman–Crippen LogP) is 5.29. The van der Waals surface area contributed by atoms with Gasteiger partial charge in [-0.3, -0.25) is 14.9 Å². The Morgan fingerprint density at radius 2 is 1.62 bits per heavy atom. The lowest BCUT2D eigenvalue weighted by Gasteiger charge is -2.15. The number of anilines is 1. The molecule has 3 aromatic rings. The second kappa shape index (κ2) is 9.97. The molecule has 0 fully saturated rings. The van der Waals surface area contributed by atoms with E-state index in [4.69, 9.17) is 21.4 Å². The van der Waals surface area contributed by atoms with Gasteiger partial charge in [0.1, 0.15) is 6.61 Å². The van der Waals surface area contributed by atoms with Crippen molar-refractivity contribution in [3.8, 4) is 11.1 Å². The van der Waals surface area contributed by atoms with Crippen LogP contribution in [0.3, 0.4) is 0 Å². The van der Waals surface area contributed by atoms with Crippen molar-refractivity contribution in [2.75, 3.05) is 11.9 Å². The summed E-state index contributed by atoms with van der Waals surface area (Å²) < 4.78 is 5.52. The Morgan fingerprint density at radius 1 is 1.00 bits per heavy atom. The topological polar surface area (TPSA) is 105 Å². The minimum Gasteiger partial charge on any atom is -0.481 e. The maximum Gasteiger partial charge on any atom is 0.411 e. The molecule has 3 N–H and O–H groups in total. The zero-order valence-electron chi connectivity index (χ0n) is 18.4. The van der Waals surface area contributed by atoms with Crippen LogP contribution in [0.2, 0.25) is 5.02 Å². The number of carbonyl (C=O) groups excluding carboxylic acids is 2. The first-order valence-corrected chi connectivity index (χ1v) is 11.2. The molecule has 1 aliphatic rings. The average Bonchev–Trinajstić information content (AvgIpc) is 3.12. The summed E-state index contributed by atoms with van der Waals surface area (Å²) in [4.78, 5) is 35.5. The van der Waals surface area contributed by atoms with Gasteiger partial charge in [-0.1, -0.05) is 60.1 Å². The van der Waals surface area contributed by atoms with Crippen LogP contribution in [0.4, 0.5) is 10.5 Å². The van der Waals surface area contributed by atoms with Gasteiger partial charge in [0.2, 0.25) is 0 Å². The molecule has 0 heterocycles. The SMILES string of the molecule is C[C@H](CC(=O)O)NC(=O)c1ccc(NC(=O)OCC2c3ccccc3-c3ccccc32)c(Cl)c1. The molecule has 0 spiro atoms. The smallest absolute Gasteiger partial charge is 0.411 e. The van der Waals surface area contributed by atoms with Gasteiger partial charge in [0.25, 0.3) is 5.91 Å². The number of rotatable bonds is 7. The van der Waals surface area contributed by atoms with Crippen LogP contribution in [0.15, 0.2) is 66.7 Å². The molecule has 0 aliphatic heterocycles. The molecular formula is C26H23ClN2O5. The molecule has 1 aliphatic carbocycles. The number of benzene rings is 3. The highest BCUT2D eigenvalue weighted by Gasteiger charge is 2.29. The first-order chi connectivity index (χ1) is 16.3. The monoisotopic (exact) mass is 478 g/mol. The maximum atomic E-state index is 12.5. The molecule has 3 aromatic carbocycles. The van der Waals surface area contributed by atoms with Crippen molar-refractivity contribution in [1.29, 1.82) is 0 Å². The van der Waals surface area contributed by atoms with Gasteiger partial charge in [-0.25, -0.2) is 4.79 Å². The number of carboxylic acid groups (broad SMARTS) is 1. The number of nitrogens with one attached hydrogen (secondary N) is 2. The molecule has 2 amide bonds. The summed E-state index contributed by atoms with van der Waals surface area (Å²) in [7, 11) is 0. The van der Waals surface area contributed by atoms with E-state index in [1.165, 1.54) is 18.2 Å². The van der Waals surface area contributed by atoms with Crippen LogP contribution in [-0.4, -0.2) is 35.7 Å². The molecule has 4 rings (SSSR count). The van der Waals surface area contributed by atoms with Crippen molar-refractivity contribution >= 4 is 35.3 Å². The Kier molecular flexibility index (Phi) is 6.84. The molecule has 8 heteroatoms. The summed E-state index contributed by atoms with van der Waals surface area (Å²) in [5.41, 5.74) is 5.06. The molecule has 0 radical (unpaired) electrons. The van der Waals surface area contributed by atoms with Crippen molar-refractivity contribution in [2.24, 2.45) is 0 Å². The standard InChI is InChI=1S/C26H23ClN2O5/c1-15(12-24(30)31)28-25(32)16-10-11-23(22(27)13-16)29-26(33)34-14-21-19-8-4-2-6-17(19)18-7-3-5-9-20(18)21/h2-11,13,15,21H,12,14H2,1H3,(H,28,32)(H,29,33)(H,30,31)/t15-/m1/s1. The minimum absolute atomic E-state index is 0.0625. The van der Waals surface area contributed by atoms with Crippen molar-refractivity contribution in [3.63, 3.8) is 0 Å². The Morgan fingerprint density at radius 3 is 2.21 bits per heavy atom. The number of hydrogen-bond acceptors (Lipinski definition) is 4. The molecule has 34 heavy (non-hydrogen) atoms. The van der Waals surface area contributed by atoms with E-state index in [0.717, 1.165) is 22.3 Å². The number of hydrogen-bond donors (Lipinski definition) is 3. The number of aliphatic carboxylic acids is 1. The van der Waals surface area contributed by atoms with E-state index in [1.807, 2.05) is 36.4 Å². The summed E-state index contributed by atoms with van der Waals surface area (Å²) in [6.07, 6.45) is -0.850. The van der Waals surface area contributed by atoms with Gasteiger partial charge in [0, 0.05) is 17.5 Å². The van der Waals surface area contributed by atoms with Crippen LogP contribution in [0.5, 0.6) is 0 Å². The maximum absolute atomic E-state index is 12.5. The summed E-state index contributed by atoms with van der Waals surface area (Å²) >= 11 is 6.26. The summed E-state index contributed by atoms with van der Waals surface area (Å²) in [6, 6.07) is 20.0. The second-order valence-corrected chi connectivity index (χ2v) is 8.52. The number of amides is 2. The highest BCUT2D eigenvalue weighted by atomic mass is 35.5. The van der Waals surface area contributed by atoms with E-state index in [9.17, 15) is 14.4 Å². The predicted molar refractivity (Wildman–Crippen MR) is 129 cm³/mol. The van der Waals surface area contributed by atoms with Crippen LogP contribution in [0.1, 0.15) is 40.7 Å². The third-order valence-electron chi connectivity index (χ3n) is 5.67. The van der Waals surface area contributed by atoms with Crippen LogP contribution in [-0.2, 0) is 9.53 Å². The highest BCUT2D eigenvalue weighted by molar-refractivity contribution is 6.34. The number of fused-ring (bicyclic) bond motifs is 3. The molecule has 7 nitrogen and oxygen atoms in total. The zero-order chi connectivity index (χ0) is 24.2. The third-order valence-corrected chi connectivity index (χ3v) is 5.98. The average molecular weight is 479 g/mol. The Labute approximate surface area is 201 Å². The lowest BCUT2D eigenvalue weighted by atomic mass is 9.98. The van der Waals surface area contributed by atoms with E-state index in [-0.39, 0.29) is 29.5 Å². The first kappa shape index (κ1) is 23.3. The number of carbonyl (C=O) groups is 3. The van der Waals surface area contributed by atoms with Gasteiger partial charge >= 0.3 is 12.1 Å². The van der Waals surface area contributed by atoms with Crippen molar-refractivity contribution in [2.45, 2.75) is 25.3 Å². The summed E-state index contributed by atoms with van der Waals surface area (Å²) in [6.45, 7) is 1.76. The van der Waals surface area contributed by atoms with E-state index < -0.39 is 24.0 Å². The van der Waals surface area contributed by atoms with Gasteiger partial charge in [-0.2, -0.15) is 0 Å². The zero-order valence-corrected chi connectivity index (χ0v) is 19.1. The molecule has 0 saturated carbocycles. The lowest BCUT2D eigenvalue weighted by Crippen LogP contribution is -2.34. The molecule has 0 bridgehead atoms. The van der Waals surface area contributed by atoms with Crippen LogP contribution < -0.4 is 10.6 Å². The molecule has 0 unspecified atom stereocenters. The van der Waals surface area contributed by atoms with E-state index in [2.05, 4.69) is 22.8 Å². The van der Waals surface area contributed by atoms with Crippen molar-refractivity contribution < 1.29 is 24.2 Å². The quantitative estimate of drug-likeness (QED) is 0.427. The van der Waals surface area contributed by atoms with Crippen molar-refractivity contribution in [1.82, 2.24) is 5.32 Å². The fourth-order valence-corrected chi connectivity index (χ4v) is 4.35. The molecule has 0 aromatic heterocycles. The highest BCUT2D eigenvalue weighted by Crippen LogP contribution is 2.44. The molecule has 1 atom stereocenters. The largest absolute Gasteiger partial charge is 0.481 e. The van der Waals surface area contributed by atoms with Crippen LogP contribution >= 0.6 is 11.6 Å². The molecular weight excluding hydrogens is 456 g/mol. The minimum atomic E-state index is -1.01. The van der Waals surface area contributed by atoms with E-state index in [1.54, 1.807) is 6.92 Å². The van der Waals surface area contributed by atoms with Crippen LogP contribution in [0.25, 0.3) is 11.1 Å². The molecule has 0 saturated heterocycles. The number of ether oxygens (including phenoxy) is 1. The Hall–Kier alpha value is -3.84. The third kappa shape index (κ3) is 5.05. The van der Waals surface area contributed by atoms with Gasteiger partial charge < -0.3 is 15.2 Å². The Bertz CT molecular complexity index is 1210. The van der Waals surface area contributed by atoms with E-state index >= 15 is 0 Å². The Balaban J connectivity index is 1.38. The second-order valence-electron chi connectivity index (χ2n) is 8.12. The van der Waals surface area contributed by atoms with Crippen LogP contribution in [0, 0.1) is 0 Å².